The van der Waals surface area contributed by atoms with E-state index in [-0.39, 0.29) is 29.4 Å². The number of likely N-dealkylation sites (tertiary alicyclic amines) is 1. The van der Waals surface area contributed by atoms with Crippen molar-refractivity contribution in [3.63, 3.8) is 0 Å². The largest absolute Gasteiger partial charge is 0.493 e. The normalized spacial score (nSPS) is 19.8. The molecule has 1 fully saturated rings. The van der Waals surface area contributed by atoms with E-state index in [1.54, 1.807) is 31.4 Å². The predicted molar refractivity (Wildman–Crippen MR) is 149 cm³/mol. The quantitative estimate of drug-likeness (QED) is 0.106. The van der Waals surface area contributed by atoms with Gasteiger partial charge in [-0.2, -0.15) is 0 Å². The number of aromatic nitrogens is 1. The molecule has 40 heavy (non-hydrogen) atoms. The van der Waals surface area contributed by atoms with Crippen LogP contribution in [-0.4, -0.2) is 61.5 Å². The Balaban J connectivity index is 1.40. The van der Waals surface area contributed by atoms with Gasteiger partial charge in [-0.3, -0.25) is 14.1 Å². The van der Waals surface area contributed by atoms with Gasteiger partial charge in [0.15, 0.2) is 22.9 Å². The predicted octanol–water partition coefficient (Wildman–Crippen LogP) is 6.28. The second-order valence-corrected chi connectivity index (χ2v) is 11.0. The number of rotatable bonds is 13. The summed E-state index contributed by atoms with van der Waals surface area (Å²) in [5, 5.41) is 5.13. The van der Waals surface area contributed by atoms with E-state index in [0.29, 0.717) is 46.9 Å². The molecule has 4 rings (SSSR count). The van der Waals surface area contributed by atoms with Gasteiger partial charge in [0, 0.05) is 48.6 Å². The Kier molecular flexibility index (Phi) is 9.79. The van der Waals surface area contributed by atoms with Crippen molar-refractivity contribution in [1.29, 1.82) is 0 Å². The van der Waals surface area contributed by atoms with Gasteiger partial charge in [-0.1, -0.05) is 25.4 Å². The Hall–Kier alpha value is -3.46. The fourth-order valence-corrected chi connectivity index (χ4v) is 5.32. The van der Waals surface area contributed by atoms with Crippen molar-refractivity contribution in [3.8, 4) is 11.5 Å². The van der Waals surface area contributed by atoms with Crippen molar-refractivity contribution in [2.45, 2.75) is 58.8 Å². The summed E-state index contributed by atoms with van der Waals surface area (Å²) in [4.78, 5) is 24.2. The maximum absolute atomic E-state index is 13.6. The molecule has 0 aliphatic carbocycles. The lowest BCUT2D eigenvalue weighted by atomic mass is 9.90. The molecule has 1 unspecified atom stereocenters. The maximum atomic E-state index is 13.6. The maximum Gasteiger partial charge on any atom is 0.310 e. The number of fused-ring (bicyclic) bond motifs is 1. The Labute approximate surface area is 234 Å². The van der Waals surface area contributed by atoms with Crippen LogP contribution >= 0.6 is 0 Å². The van der Waals surface area contributed by atoms with Crippen LogP contribution in [0.4, 0.5) is 4.39 Å². The van der Waals surface area contributed by atoms with Gasteiger partial charge in [-0.05, 0) is 43.2 Å². The van der Waals surface area contributed by atoms with Crippen LogP contribution < -0.4 is 9.47 Å². The van der Waals surface area contributed by atoms with Crippen LogP contribution in [0.25, 0.3) is 11.0 Å². The van der Waals surface area contributed by atoms with Gasteiger partial charge in [-0.15, -0.1) is 0 Å². The first kappa shape index (κ1) is 29.5. The van der Waals surface area contributed by atoms with E-state index in [0.717, 1.165) is 56.4 Å². The third-order valence-corrected chi connectivity index (χ3v) is 8.07. The number of carbonyl (C=O) groups excluding carboxylic acids is 2. The summed E-state index contributed by atoms with van der Waals surface area (Å²) in [5.41, 5.74) is 1.90. The van der Waals surface area contributed by atoms with E-state index in [1.165, 1.54) is 19.1 Å². The molecule has 2 aromatic carbocycles. The van der Waals surface area contributed by atoms with E-state index in [2.05, 4.69) is 19.0 Å². The number of Topliss-reactive ketones (excluding diaryl/α,β-unsaturated/α-hetero) is 1. The van der Waals surface area contributed by atoms with E-state index in [9.17, 15) is 14.0 Å². The average Bonchev–Trinajstić information content (AvgIpc) is 3.37. The van der Waals surface area contributed by atoms with Crippen molar-refractivity contribution >= 4 is 22.7 Å². The number of nitrogens with zero attached hydrogens (tertiary/aromatic N) is 2. The zero-order chi connectivity index (χ0) is 28.7. The van der Waals surface area contributed by atoms with E-state index >= 15 is 0 Å². The topological polar surface area (TPSA) is 87.9 Å². The smallest absolute Gasteiger partial charge is 0.310 e. The molecule has 3 aromatic rings. The van der Waals surface area contributed by atoms with Gasteiger partial charge >= 0.3 is 5.97 Å². The number of methoxy groups -OCH3 is 1. The molecule has 0 saturated carbocycles. The molecule has 2 heterocycles. The number of halogens is 1. The minimum absolute atomic E-state index is 0.0339. The Bertz CT molecular complexity index is 1310. The van der Waals surface area contributed by atoms with Gasteiger partial charge in [0.1, 0.15) is 5.82 Å². The molecular weight excluding hydrogens is 515 g/mol. The Morgan fingerprint density at radius 2 is 1.93 bits per heavy atom. The lowest BCUT2D eigenvalue weighted by Gasteiger charge is -2.42. The van der Waals surface area contributed by atoms with Crippen molar-refractivity contribution in [2.75, 3.05) is 40.1 Å². The molecule has 0 N–H and O–H groups in total. The fraction of sp³-hybridized carbons (Fsp3) is 0.516. The highest BCUT2D eigenvalue weighted by Gasteiger charge is 2.37. The minimum Gasteiger partial charge on any atom is -0.493 e. The molecule has 8 nitrogen and oxygen atoms in total. The van der Waals surface area contributed by atoms with Crippen LogP contribution in [0.1, 0.15) is 74.8 Å². The third kappa shape index (κ3) is 7.18. The van der Waals surface area contributed by atoms with Crippen LogP contribution in [-0.2, 0) is 9.53 Å². The molecule has 0 amide bonds. The lowest BCUT2D eigenvalue weighted by molar-refractivity contribution is -0.948. The van der Waals surface area contributed by atoms with Crippen LogP contribution in [0.2, 0.25) is 0 Å². The zero-order valence-electron chi connectivity index (χ0n) is 23.9. The first-order valence-corrected chi connectivity index (χ1v) is 14.1. The van der Waals surface area contributed by atoms with Crippen LogP contribution in [0.15, 0.2) is 40.9 Å². The van der Waals surface area contributed by atoms with E-state index in [4.69, 9.17) is 18.7 Å². The number of ether oxygens (including phenoxy) is 3. The lowest BCUT2D eigenvalue weighted by Crippen LogP contribution is -2.55. The highest BCUT2D eigenvalue weighted by Crippen LogP contribution is 2.35. The van der Waals surface area contributed by atoms with Crippen molar-refractivity contribution in [2.24, 2.45) is 5.92 Å². The zero-order valence-corrected chi connectivity index (χ0v) is 23.9. The Morgan fingerprint density at radius 3 is 2.62 bits per heavy atom. The summed E-state index contributed by atoms with van der Waals surface area (Å²) in [6.45, 7) is 8.83. The van der Waals surface area contributed by atoms with Crippen molar-refractivity contribution in [1.82, 2.24) is 5.16 Å². The number of ketones is 1. The minimum atomic E-state index is -0.344. The average molecular weight is 556 g/mol. The second-order valence-electron chi connectivity index (χ2n) is 11.0. The molecule has 1 aliphatic heterocycles. The molecular formula is C31H40FN2O6+. The highest BCUT2D eigenvalue weighted by molar-refractivity contribution is 5.94. The SMILES string of the molecule is CCC(C)CC(=O)OC[N+]1(CCCOc2ccc(C(C)=O)cc2OC)CCC(c2noc3cc(F)ccc23)CC1. The van der Waals surface area contributed by atoms with Gasteiger partial charge in [0.05, 0.1) is 39.0 Å². The molecule has 9 heteroatoms. The first-order valence-electron chi connectivity index (χ1n) is 14.1. The van der Waals surface area contributed by atoms with Gasteiger partial charge < -0.3 is 18.7 Å². The molecule has 0 bridgehead atoms. The summed E-state index contributed by atoms with van der Waals surface area (Å²) in [6.07, 6.45) is 3.80. The standard InChI is InChI=1S/C31H40FN2O6/c1-5-21(2)17-30(36)39-20-34(13-6-16-38-27-10-7-24(22(3)35)18-29(27)37-4)14-11-23(12-15-34)31-26-9-8-25(32)19-28(26)40-33-31/h7-10,18-19,21,23H,5-6,11-17,20H2,1-4H3/q+1. The van der Waals surface area contributed by atoms with Crippen molar-refractivity contribution in [3.05, 3.63) is 53.5 Å². The van der Waals surface area contributed by atoms with Gasteiger partial charge in [-0.25, -0.2) is 4.39 Å². The molecule has 1 saturated heterocycles. The van der Waals surface area contributed by atoms with E-state index in [1.807, 2.05) is 0 Å². The van der Waals surface area contributed by atoms with E-state index < -0.39 is 0 Å². The van der Waals surface area contributed by atoms with Crippen LogP contribution in [0.5, 0.6) is 11.5 Å². The molecule has 216 valence electrons. The summed E-state index contributed by atoms with van der Waals surface area (Å²) in [7, 11) is 1.55. The number of carbonyl (C=O) groups is 2. The fourth-order valence-electron chi connectivity index (χ4n) is 5.32. The number of piperidine rings is 1. The molecule has 1 aromatic heterocycles. The number of quaternary nitrogens is 1. The molecule has 1 atom stereocenters. The number of hydrogen-bond acceptors (Lipinski definition) is 7. The molecule has 1 aliphatic rings. The number of benzene rings is 2. The van der Waals surface area contributed by atoms with Crippen LogP contribution in [0, 0.1) is 11.7 Å². The van der Waals surface area contributed by atoms with Crippen LogP contribution in [0.3, 0.4) is 0 Å². The van der Waals surface area contributed by atoms with Gasteiger partial charge in [0.2, 0.25) is 6.73 Å². The third-order valence-electron chi connectivity index (χ3n) is 8.07. The van der Waals surface area contributed by atoms with Crippen molar-refractivity contribution < 1.29 is 37.2 Å². The summed E-state index contributed by atoms with van der Waals surface area (Å²) < 4.78 is 37.0. The highest BCUT2D eigenvalue weighted by atomic mass is 19.1. The number of hydrogen-bond donors (Lipinski definition) is 0. The second kappa shape index (κ2) is 13.3. The summed E-state index contributed by atoms with van der Waals surface area (Å²) >= 11 is 0. The van der Waals surface area contributed by atoms with Gasteiger partial charge in [0.25, 0.3) is 0 Å². The summed E-state index contributed by atoms with van der Waals surface area (Å²) in [5.74, 6) is 1.05. The monoisotopic (exact) mass is 555 g/mol. The first-order chi connectivity index (χ1) is 19.2. The summed E-state index contributed by atoms with van der Waals surface area (Å²) in [6, 6.07) is 9.72. The Morgan fingerprint density at radius 1 is 1.15 bits per heavy atom. The number of esters is 1. The molecule has 0 radical (unpaired) electrons. The molecule has 0 spiro atoms.